The van der Waals surface area contributed by atoms with Gasteiger partial charge in [-0.25, -0.2) is 9.97 Å². The number of hydrogen-bond acceptors (Lipinski definition) is 4. The van der Waals surface area contributed by atoms with Crippen molar-refractivity contribution in [2.24, 2.45) is 5.92 Å². The van der Waals surface area contributed by atoms with Gasteiger partial charge in [-0.2, -0.15) is 0 Å². The quantitative estimate of drug-likeness (QED) is 0.826. The zero-order valence-electron chi connectivity index (χ0n) is 14.9. The largest absolute Gasteiger partial charge is 0.343 e. The van der Waals surface area contributed by atoms with Crippen molar-refractivity contribution in [2.75, 3.05) is 19.6 Å². The molecule has 25 heavy (non-hydrogen) atoms. The van der Waals surface area contributed by atoms with Crippen molar-refractivity contribution in [1.82, 2.24) is 19.8 Å². The first-order chi connectivity index (χ1) is 12.1. The van der Waals surface area contributed by atoms with E-state index in [2.05, 4.69) is 9.97 Å². The van der Waals surface area contributed by atoms with E-state index in [0.717, 1.165) is 64.0 Å². The normalized spacial score (nSPS) is 26.8. The number of fused-ring (bicyclic) bond motifs is 1. The number of piperidine rings is 1. The van der Waals surface area contributed by atoms with E-state index in [9.17, 15) is 9.59 Å². The zero-order valence-corrected chi connectivity index (χ0v) is 14.9. The molecular weight excluding hydrogens is 316 g/mol. The van der Waals surface area contributed by atoms with Crippen LogP contribution in [0, 0.1) is 5.92 Å². The summed E-state index contributed by atoms with van der Waals surface area (Å²) in [4.78, 5) is 37.6. The van der Waals surface area contributed by atoms with Crippen molar-refractivity contribution in [3.8, 4) is 0 Å². The zero-order chi connectivity index (χ0) is 17.4. The minimum absolute atomic E-state index is 0.0514. The Labute approximate surface area is 148 Å². The van der Waals surface area contributed by atoms with Crippen molar-refractivity contribution in [2.45, 2.75) is 57.4 Å². The molecule has 1 aromatic heterocycles. The lowest BCUT2D eigenvalue weighted by Crippen LogP contribution is -2.53. The Kier molecular flexibility index (Phi) is 4.44. The molecule has 2 amide bonds. The lowest BCUT2D eigenvalue weighted by molar-refractivity contribution is -0.131. The van der Waals surface area contributed by atoms with Crippen molar-refractivity contribution in [3.05, 3.63) is 23.8 Å². The number of amides is 2. The SMILES string of the molecule is CC(=O)N1CC[C@@H]2[C@H](CCCCN2C(=O)c2cnc(C3CC3)nc2)C1. The van der Waals surface area contributed by atoms with E-state index in [1.54, 1.807) is 19.3 Å². The number of aromatic nitrogens is 2. The predicted octanol–water partition coefficient (Wildman–Crippen LogP) is 2.22. The van der Waals surface area contributed by atoms with Gasteiger partial charge in [-0.1, -0.05) is 6.42 Å². The summed E-state index contributed by atoms with van der Waals surface area (Å²) in [6.07, 6.45) is 9.84. The molecule has 6 heteroatoms. The summed E-state index contributed by atoms with van der Waals surface area (Å²) in [5.41, 5.74) is 0.596. The first kappa shape index (κ1) is 16.5. The topological polar surface area (TPSA) is 66.4 Å². The fraction of sp³-hybridized carbons (Fsp3) is 0.684. The van der Waals surface area contributed by atoms with E-state index in [-0.39, 0.29) is 17.9 Å². The molecule has 3 heterocycles. The fourth-order valence-electron chi connectivity index (χ4n) is 4.27. The Morgan fingerprint density at radius 2 is 1.80 bits per heavy atom. The van der Waals surface area contributed by atoms with Crippen LogP contribution in [0.1, 0.15) is 67.5 Å². The van der Waals surface area contributed by atoms with Gasteiger partial charge in [-0.3, -0.25) is 9.59 Å². The second-order valence-corrected chi connectivity index (χ2v) is 7.68. The molecule has 0 bridgehead atoms. The number of hydrogen-bond donors (Lipinski definition) is 0. The molecule has 0 radical (unpaired) electrons. The summed E-state index contributed by atoms with van der Waals surface area (Å²) in [6, 6.07) is 0.230. The molecule has 6 nitrogen and oxygen atoms in total. The highest BCUT2D eigenvalue weighted by molar-refractivity contribution is 5.94. The third kappa shape index (κ3) is 3.39. The molecule has 2 aliphatic heterocycles. The van der Waals surface area contributed by atoms with Crippen LogP contribution in [-0.4, -0.2) is 57.3 Å². The average molecular weight is 342 g/mol. The van der Waals surface area contributed by atoms with E-state index in [0.29, 0.717) is 17.4 Å². The van der Waals surface area contributed by atoms with Crippen molar-refractivity contribution < 1.29 is 9.59 Å². The van der Waals surface area contributed by atoms with Crippen LogP contribution in [-0.2, 0) is 4.79 Å². The standard InChI is InChI=1S/C19H26N4O2/c1-13(24)22-9-7-17-15(12-22)4-2-3-8-23(17)19(25)16-10-20-18(21-11-16)14-5-6-14/h10-11,14-15,17H,2-9,12H2,1H3/t15-,17-/m1/s1. The van der Waals surface area contributed by atoms with Gasteiger partial charge in [0.15, 0.2) is 0 Å². The van der Waals surface area contributed by atoms with Crippen molar-refractivity contribution in [3.63, 3.8) is 0 Å². The first-order valence-electron chi connectivity index (χ1n) is 9.52. The summed E-state index contributed by atoms with van der Waals surface area (Å²) in [5.74, 6) is 1.96. The molecular formula is C19H26N4O2. The van der Waals surface area contributed by atoms with E-state index >= 15 is 0 Å². The maximum absolute atomic E-state index is 13.1. The smallest absolute Gasteiger partial charge is 0.257 e. The van der Waals surface area contributed by atoms with E-state index in [1.165, 1.54) is 0 Å². The molecule has 134 valence electrons. The second-order valence-electron chi connectivity index (χ2n) is 7.68. The first-order valence-corrected chi connectivity index (χ1v) is 9.52. The van der Waals surface area contributed by atoms with Gasteiger partial charge in [0.05, 0.1) is 5.56 Å². The van der Waals surface area contributed by atoms with Gasteiger partial charge in [0, 0.05) is 50.9 Å². The van der Waals surface area contributed by atoms with Crippen LogP contribution in [0.25, 0.3) is 0 Å². The monoisotopic (exact) mass is 342 g/mol. The molecule has 2 saturated heterocycles. The molecule has 3 aliphatic rings. The summed E-state index contributed by atoms with van der Waals surface area (Å²) < 4.78 is 0. The van der Waals surface area contributed by atoms with Gasteiger partial charge < -0.3 is 9.80 Å². The highest BCUT2D eigenvalue weighted by Gasteiger charge is 2.38. The summed E-state index contributed by atoms with van der Waals surface area (Å²) in [5, 5.41) is 0. The maximum atomic E-state index is 13.1. The molecule has 2 atom stereocenters. The molecule has 4 rings (SSSR count). The van der Waals surface area contributed by atoms with E-state index in [4.69, 9.17) is 0 Å². The van der Waals surface area contributed by atoms with Gasteiger partial charge in [-0.05, 0) is 38.0 Å². The number of nitrogens with zero attached hydrogens (tertiary/aromatic N) is 4. The van der Waals surface area contributed by atoms with Crippen molar-refractivity contribution in [1.29, 1.82) is 0 Å². The van der Waals surface area contributed by atoms with Gasteiger partial charge >= 0.3 is 0 Å². The van der Waals surface area contributed by atoms with Crippen LogP contribution in [0.5, 0.6) is 0 Å². The van der Waals surface area contributed by atoms with Crippen molar-refractivity contribution >= 4 is 11.8 Å². The van der Waals surface area contributed by atoms with Gasteiger partial charge in [0.25, 0.3) is 5.91 Å². The van der Waals surface area contributed by atoms with Gasteiger partial charge in [0.1, 0.15) is 5.82 Å². The summed E-state index contributed by atoms with van der Waals surface area (Å²) in [7, 11) is 0. The molecule has 1 saturated carbocycles. The molecule has 3 fully saturated rings. The number of likely N-dealkylation sites (tertiary alicyclic amines) is 2. The van der Waals surface area contributed by atoms with Crippen LogP contribution >= 0.6 is 0 Å². The van der Waals surface area contributed by atoms with Crippen LogP contribution in [0.2, 0.25) is 0 Å². The third-order valence-corrected chi connectivity index (χ3v) is 5.89. The van der Waals surface area contributed by atoms with Gasteiger partial charge in [0.2, 0.25) is 5.91 Å². The maximum Gasteiger partial charge on any atom is 0.257 e. The Morgan fingerprint density at radius 3 is 2.48 bits per heavy atom. The van der Waals surface area contributed by atoms with E-state index < -0.39 is 0 Å². The fourth-order valence-corrected chi connectivity index (χ4v) is 4.27. The molecule has 0 unspecified atom stereocenters. The molecule has 0 N–H and O–H groups in total. The van der Waals surface area contributed by atoms with E-state index in [1.807, 2.05) is 9.80 Å². The Balaban J connectivity index is 1.51. The Hall–Kier alpha value is -1.98. The number of rotatable bonds is 2. The van der Waals surface area contributed by atoms with Crippen LogP contribution < -0.4 is 0 Å². The number of carbonyl (C=O) groups is 2. The minimum atomic E-state index is 0.0514. The Bertz CT molecular complexity index is 656. The summed E-state index contributed by atoms with van der Waals surface area (Å²) in [6.45, 7) is 3.96. The average Bonchev–Trinajstić information content (AvgIpc) is 3.47. The number of carbonyl (C=O) groups excluding carboxylic acids is 2. The van der Waals surface area contributed by atoms with Crippen LogP contribution in [0.15, 0.2) is 12.4 Å². The molecule has 1 aromatic rings. The van der Waals surface area contributed by atoms with Crippen LogP contribution in [0.4, 0.5) is 0 Å². The summed E-state index contributed by atoms with van der Waals surface area (Å²) >= 11 is 0. The lowest BCUT2D eigenvalue weighted by Gasteiger charge is -2.42. The van der Waals surface area contributed by atoms with Gasteiger partial charge in [-0.15, -0.1) is 0 Å². The Morgan fingerprint density at radius 1 is 1.04 bits per heavy atom. The third-order valence-electron chi connectivity index (χ3n) is 5.89. The van der Waals surface area contributed by atoms with Crippen LogP contribution in [0.3, 0.4) is 0 Å². The second kappa shape index (κ2) is 6.73. The highest BCUT2D eigenvalue weighted by Crippen LogP contribution is 2.37. The molecule has 0 spiro atoms. The molecule has 1 aliphatic carbocycles. The molecule has 0 aromatic carbocycles. The highest BCUT2D eigenvalue weighted by atomic mass is 16.2. The predicted molar refractivity (Wildman–Crippen MR) is 93.0 cm³/mol. The lowest BCUT2D eigenvalue weighted by atomic mass is 9.88. The minimum Gasteiger partial charge on any atom is -0.343 e.